The number of carbonyl (C=O) groups is 1. The molecule has 1 aromatic carbocycles. The van der Waals surface area contributed by atoms with Crippen LogP contribution >= 0.6 is 15.9 Å². The molecule has 0 aliphatic carbocycles. The molecule has 0 atom stereocenters. The van der Waals surface area contributed by atoms with E-state index in [2.05, 4.69) is 22.9 Å². The van der Waals surface area contributed by atoms with Crippen LogP contribution in [0.25, 0.3) is 0 Å². The third-order valence-electron chi connectivity index (χ3n) is 3.38. The van der Waals surface area contributed by atoms with Crippen LogP contribution in [0, 0.1) is 11.7 Å². The molecule has 1 saturated heterocycles. The van der Waals surface area contributed by atoms with Crippen molar-refractivity contribution in [2.45, 2.75) is 19.8 Å². The Balaban J connectivity index is 1.86. The number of benzene rings is 1. The van der Waals surface area contributed by atoms with Crippen molar-refractivity contribution >= 4 is 21.8 Å². The van der Waals surface area contributed by atoms with E-state index >= 15 is 0 Å². The summed E-state index contributed by atoms with van der Waals surface area (Å²) in [7, 11) is 0. The third kappa shape index (κ3) is 3.93. The standard InChI is InChI=1S/C14H17BrFNO2/c1-10-4-6-17(7-5-10)14(18)9-19-13-3-2-11(16)8-12(13)15/h2-3,8,10H,4-7,9H2,1H3. The summed E-state index contributed by atoms with van der Waals surface area (Å²) < 4.78 is 18.9. The second-order valence-corrected chi connectivity index (χ2v) is 5.78. The SMILES string of the molecule is CC1CCN(C(=O)COc2ccc(F)cc2Br)CC1. The van der Waals surface area contributed by atoms with Crippen LogP contribution in [-0.4, -0.2) is 30.5 Å². The molecule has 1 heterocycles. The van der Waals surface area contributed by atoms with Crippen LogP contribution in [0.15, 0.2) is 22.7 Å². The van der Waals surface area contributed by atoms with E-state index in [-0.39, 0.29) is 18.3 Å². The molecule has 1 aliphatic heterocycles. The number of hydrogen-bond donors (Lipinski definition) is 0. The van der Waals surface area contributed by atoms with E-state index in [4.69, 9.17) is 4.74 Å². The summed E-state index contributed by atoms with van der Waals surface area (Å²) in [4.78, 5) is 13.8. The van der Waals surface area contributed by atoms with Crippen LogP contribution in [0.2, 0.25) is 0 Å². The van der Waals surface area contributed by atoms with Gasteiger partial charge in [0.2, 0.25) is 0 Å². The maximum absolute atomic E-state index is 12.9. The zero-order valence-electron chi connectivity index (χ0n) is 10.9. The van der Waals surface area contributed by atoms with Crippen LogP contribution in [0.4, 0.5) is 4.39 Å². The average Bonchev–Trinajstić information content (AvgIpc) is 2.38. The maximum Gasteiger partial charge on any atom is 0.260 e. The van der Waals surface area contributed by atoms with Gasteiger partial charge in [-0.05, 0) is 52.9 Å². The molecular weight excluding hydrogens is 313 g/mol. The number of halogens is 2. The van der Waals surface area contributed by atoms with E-state index in [9.17, 15) is 9.18 Å². The van der Waals surface area contributed by atoms with Crippen LogP contribution in [-0.2, 0) is 4.79 Å². The summed E-state index contributed by atoms with van der Waals surface area (Å²) in [5.41, 5.74) is 0. The van der Waals surface area contributed by atoms with Crippen molar-refractivity contribution in [1.29, 1.82) is 0 Å². The first-order valence-electron chi connectivity index (χ1n) is 6.42. The first kappa shape index (κ1) is 14.3. The van der Waals surface area contributed by atoms with Crippen molar-refractivity contribution in [1.82, 2.24) is 4.90 Å². The minimum absolute atomic E-state index is 0.00138. The lowest BCUT2D eigenvalue weighted by Crippen LogP contribution is -2.40. The third-order valence-corrected chi connectivity index (χ3v) is 4.00. The highest BCUT2D eigenvalue weighted by atomic mass is 79.9. The molecule has 19 heavy (non-hydrogen) atoms. The molecule has 2 rings (SSSR count). The van der Waals surface area contributed by atoms with E-state index in [0.717, 1.165) is 25.9 Å². The van der Waals surface area contributed by atoms with Gasteiger partial charge in [-0.1, -0.05) is 6.92 Å². The van der Waals surface area contributed by atoms with E-state index in [0.29, 0.717) is 16.1 Å². The molecule has 3 nitrogen and oxygen atoms in total. The molecule has 1 fully saturated rings. The number of amides is 1. The lowest BCUT2D eigenvalue weighted by Gasteiger charge is -2.30. The van der Waals surface area contributed by atoms with Crippen molar-refractivity contribution in [2.24, 2.45) is 5.92 Å². The largest absolute Gasteiger partial charge is 0.483 e. The highest BCUT2D eigenvalue weighted by Gasteiger charge is 2.20. The normalized spacial score (nSPS) is 16.5. The Kier molecular flexibility index (Phi) is 4.80. The molecule has 0 aromatic heterocycles. The number of rotatable bonds is 3. The van der Waals surface area contributed by atoms with Crippen LogP contribution < -0.4 is 4.74 Å². The quantitative estimate of drug-likeness (QED) is 0.852. The van der Waals surface area contributed by atoms with Gasteiger partial charge in [-0.15, -0.1) is 0 Å². The lowest BCUT2D eigenvalue weighted by molar-refractivity contribution is -0.134. The summed E-state index contributed by atoms with van der Waals surface area (Å²) in [6.07, 6.45) is 2.10. The van der Waals surface area contributed by atoms with Crippen LogP contribution in [0.5, 0.6) is 5.75 Å². The number of ether oxygens (including phenoxy) is 1. The maximum atomic E-state index is 12.9. The van der Waals surface area contributed by atoms with Gasteiger partial charge in [-0.3, -0.25) is 4.79 Å². The number of likely N-dealkylation sites (tertiary alicyclic amines) is 1. The molecule has 0 saturated carbocycles. The Morgan fingerprint density at radius 1 is 1.47 bits per heavy atom. The summed E-state index contributed by atoms with van der Waals surface area (Å²) in [6.45, 7) is 3.80. The smallest absolute Gasteiger partial charge is 0.260 e. The van der Waals surface area contributed by atoms with Crippen LogP contribution in [0.3, 0.4) is 0 Å². The molecule has 1 amide bonds. The fourth-order valence-electron chi connectivity index (χ4n) is 2.08. The Morgan fingerprint density at radius 2 is 2.16 bits per heavy atom. The van der Waals surface area contributed by atoms with Gasteiger partial charge in [0.15, 0.2) is 6.61 Å². The topological polar surface area (TPSA) is 29.5 Å². The van der Waals surface area contributed by atoms with Gasteiger partial charge in [0.25, 0.3) is 5.91 Å². The predicted molar refractivity (Wildman–Crippen MR) is 74.6 cm³/mol. The molecule has 0 radical (unpaired) electrons. The van der Waals surface area contributed by atoms with E-state index in [1.165, 1.54) is 18.2 Å². The first-order valence-corrected chi connectivity index (χ1v) is 7.21. The molecule has 5 heteroatoms. The van der Waals surface area contributed by atoms with E-state index in [1.807, 2.05) is 4.90 Å². The fraction of sp³-hybridized carbons (Fsp3) is 0.500. The molecular formula is C14H17BrFNO2. The van der Waals surface area contributed by atoms with Gasteiger partial charge < -0.3 is 9.64 Å². The summed E-state index contributed by atoms with van der Waals surface area (Å²) in [6, 6.07) is 4.15. The van der Waals surface area contributed by atoms with Crippen molar-refractivity contribution in [3.63, 3.8) is 0 Å². The number of piperidine rings is 1. The Morgan fingerprint density at radius 3 is 2.79 bits per heavy atom. The molecule has 1 aliphatic rings. The molecule has 0 bridgehead atoms. The van der Waals surface area contributed by atoms with Crippen molar-refractivity contribution in [3.05, 3.63) is 28.5 Å². The molecule has 0 spiro atoms. The van der Waals surface area contributed by atoms with Crippen molar-refractivity contribution < 1.29 is 13.9 Å². The van der Waals surface area contributed by atoms with Gasteiger partial charge in [0.1, 0.15) is 11.6 Å². The van der Waals surface area contributed by atoms with Gasteiger partial charge in [0, 0.05) is 13.1 Å². The second kappa shape index (κ2) is 6.37. The van der Waals surface area contributed by atoms with Gasteiger partial charge >= 0.3 is 0 Å². The van der Waals surface area contributed by atoms with Crippen LogP contribution in [0.1, 0.15) is 19.8 Å². The highest BCUT2D eigenvalue weighted by molar-refractivity contribution is 9.10. The predicted octanol–water partition coefficient (Wildman–Crippen LogP) is 3.23. The van der Waals surface area contributed by atoms with Gasteiger partial charge in [-0.25, -0.2) is 4.39 Å². The van der Waals surface area contributed by atoms with Gasteiger partial charge in [0.05, 0.1) is 4.47 Å². The minimum atomic E-state index is -0.337. The summed E-state index contributed by atoms with van der Waals surface area (Å²) in [5, 5.41) is 0. The Bertz CT molecular complexity index is 459. The average molecular weight is 330 g/mol. The minimum Gasteiger partial charge on any atom is -0.483 e. The van der Waals surface area contributed by atoms with Gasteiger partial charge in [-0.2, -0.15) is 0 Å². The summed E-state index contributed by atoms with van der Waals surface area (Å²) >= 11 is 3.21. The Hall–Kier alpha value is -1.10. The Labute approximate surface area is 120 Å². The molecule has 0 N–H and O–H groups in total. The van der Waals surface area contributed by atoms with Crippen molar-refractivity contribution in [3.8, 4) is 5.75 Å². The highest BCUT2D eigenvalue weighted by Crippen LogP contribution is 2.25. The number of nitrogens with zero attached hydrogens (tertiary/aromatic N) is 1. The van der Waals surface area contributed by atoms with E-state index < -0.39 is 0 Å². The monoisotopic (exact) mass is 329 g/mol. The number of hydrogen-bond acceptors (Lipinski definition) is 2. The van der Waals surface area contributed by atoms with Crippen molar-refractivity contribution in [2.75, 3.05) is 19.7 Å². The molecule has 0 unspecified atom stereocenters. The molecule has 104 valence electrons. The fourth-order valence-corrected chi connectivity index (χ4v) is 2.55. The summed E-state index contributed by atoms with van der Waals surface area (Å²) in [5.74, 6) is 0.829. The molecule has 1 aromatic rings. The second-order valence-electron chi connectivity index (χ2n) is 4.93. The zero-order chi connectivity index (χ0) is 13.8. The zero-order valence-corrected chi connectivity index (χ0v) is 12.5. The van der Waals surface area contributed by atoms with E-state index in [1.54, 1.807) is 0 Å². The lowest BCUT2D eigenvalue weighted by atomic mass is 9.99. The first-order chi connectivity index (χ1) is 9.06. The number of carbonyl (C=O) groups excluding carboxylic acids is 1.